The lowest BCUT2D eigenvalue weighted by Crippen LogP contribution is -2.54. The number of carbonyl (C=O) groups excluding carboxylic acids is 2. The van der Waals surface area contributed by atoms with Crippen LogP contribution in [0.3, 0.4) is 0 Å². The Morgan fingerprint density at radius 1 is 0.800 bits per heavy atom. The lowest BCUT2D eigenvalue weighted by Gasteiger charge is -2.34. The van der Waals surface area contributed by atoms with Crippen LogP contribution in [0.5, 0.6) is 0 Å². The number of rotatable bonds is 12. The zero-order valence-electron chi connectivity index (χ0n) is 25.1. The van der Waals surface area contributed by atoms with Gasteiger partial charge in [0.1, 0.15) is 12.6 Å². The number of hydrogen-bond acceptors (Lipinski definition) is 4. The molecule has 0 aliphatic heterocycles. The lowest BCUT2D eigenvalue weighted by molar-refractivity contribution is -0.140. The quantitative estimate of drug-likeness (QED) is 0.169. The van der Waals surface area contributed by atoms with Crippen molar-refractivity contribution < 1.29 is 18.0 Å². The Kier molecular flexibility index (Phi) is 11.6. The third kappa shape index (κ3) is 9.01. The second-order valence-corrected chi connectivity index (χ2v) is 14.1. The maximum Gasteiger partial charge on any atom is 0.264 e. The number of sulfonamides is 1. The van der Waals surface area contributed by atoms with Gasteiger partial charge in [-0.1, -0.05) is 95.0 Å². The van der Waals surface area contributed by atoms with Crippen molar-refractivity contribution in [1.82, 2.24) is 10.2 Å². The smallest absolute Gasteiger partial charge is 0.264 e. The summed E-state index contributed by atoms with van der Waals surface area (Å²) in [6.45, 7) is 4.87. The number of benzene rings is 4. The van der Waals surface area contributed by atoms with Crippen LogP contribution in [-0.4, -0.2) is 43.8 Å². The van der Waals surface area contributed by atoms with Crippen molar-refractivity contribution in [1.29, 1.82) is 0 Å². The highest BCUT2D eigenvalue weighted by Gasteiger charge is 2.35. The highest BCUT2D eigenvalue weighted by atomic mass is 35.5. The van der Waals surface area contributed by atoms with Crippen LogP contribution in [0.15, 0.2) is 102 Å². The predicted octanol–water partition coefficient (Wildman–Crippen LogP) is 7.32. The van der Waals surface area contributed by atoms with Crippen LogP contribution in [0.1, 0.15) is 30.5 Å². The molecule has 0 unspecified atom stereocenters. The van der Waals surface area contributed by atoms with E-state index in [1.807, 2.05) is 51.1 Å². The second-order valence-electron chi connectivity index (χ2n) is 10.9. The van der Waals surface area contributed by atoms with Gasteiger partial charge in [0.15, 0.2) is 0 Å². The van der Waals surface area contributed by atoms with Crippen LogP contribution in [-0.2, 0) is 32.6 Å². The molecule has 45 heavy (non-hydrogen) atoms. The Balaban J connectivity index is 1.83. The number of nitrogens with zero attached hydrogens (tertiary/aromatic N) is 2. The number of anilines is 1. The van der Waals surface area contributed by atoms with Crippen LogP contribution in [0, 0.1) is 6.92 Å². The van der Waals surface area contributed by atoms with Gasteiger partial charge in [-0.3, -0.25) is 13.9 Å². The summed E-state index contributed by atoms with van der Waals surface area (Å²) in [7, 11) is -4.32. The predicted molar refractivity (Wildman–Crippen MR) is 181 cm³/mol. The summed E-state index contributed by atoms with van der Waals surface area (Å²) in [5.41, 5.74) is 2.44. The molecule has 4 aromatic rings. The SMILES string of the molecule is Cc1ccc(S(=O)(=O)N(CC(=O)N(Cc2ccc(Cl)cc2)[C@@H](Cc2ccccc2)C(=O)NC(C)C)c2cc(Cl)ccc2Cl)cc1. The summed E-state index contributed by atoms with van der Waals surface area (Å²) >= 11 is 18.9. The average Bonchev–Trinajstić information content (AvgIpc) is 3.00. The topological polar surface area (TPSA) is 86.8 Å². The van der Waals surface area contributed by atoms with Gasteiger partial charge in [-0.05, 0) is 74.4 Å². The van der Waals surface area contributed by atoms with Crippen molar-refractivity contribution >= 4 is 62.3 Å². The molecular weight excluding hydrogens is 653 g/mol. The first-order valence-corrected chi connectivity index (χ1v) is 16.8. The highest BCUT2D eigenvalue weighted by molar-refractivity contribution is 7.92. The highest BCUT2D eigenvalue weighted by Crippen LogP contribution is 2.33. The molecule has 0 spiro atoms. The van der Waals surface area contributed by atoms with Crippen molar-refractivity contribution in [3.63, 3.8) is 0 Å². The fourth-order valence-electron chi connectivity index (χ4n) is 4.75. The van der Waals surface area contributed by atoms with Crippen LogP contribution >= 0.6 is 34.8 Å². The van der Waals surface area contributed by atoms with E-state index in [9.17, 15) is 18.0 Å². The van der Waals surface area contributed by atoms with Gasteiger partial charge in [-0.25, -0.2) is 8.42 Å². The Morgan fingerprint density at radius 3 is 2.04 bits per heavy atom. The second kappa shape index (κ2) is 15.1. The monoisotopic (exact) mass is 685 g/mol. The molecule has 0 aliphatic carbocycles. The molecule has 0 fully saturated rings. The summed E-state index contributed by atoms with van der Waals surface area (Å²) in [6, 6.07) is 25.8. The summed E-state index contributed by atoms with van der Waals surface area (Å²) in [6.07, 6.45) is 0.196. The first-order chi connectivity index (χ1) is 21.3. The number of hydrogen-bond donors (Lipinski definition) is 1. The number of halogens is 3. The van der Waals surface area contributed by atoms with E-state index in [2.05, 4.69) is 5.32 Å². The van der Waals surface area contributed by atoms with Crippen molar-refractivity contribution in [2.45, 2.75) is 50.7 Å². The van der Waals surface area contributed by atoms with Crippen LogP contribution in [0.2, 0.25) is 15.1 Å². The van der Waals surface area contributed by atoms with E-state index < -0.39 is 28.5 Å². The van der Waals surface area contributed by atoms with Gasteiger partial charge in [-0.15, -0.1) is 0 Å². The molecule has 11 heteroatoms. The largest absolute Gasteiger partial charge is 0.352 e. The molecule has 236 valence electrons. The molecule has 1 atom stereocenters. The molecule has 0 radical (unpaired) electrons. The zero-order chi connectivity index (χ0) is 32.7. The maximum absolute atomic E-state index is 14.5. The van der Waals surface area contributed by atoms with E-state index in [-0.39, 0.29) is 45.5 Å². The third-order valence-corrected chi connectivity index (χ3v) is 9.61. The fourth-order valence-corrected chi connectivity index (χ4v) is 6.74. The van der Waals surface area contributed by atoms with E-state index in [1.54, 1.807) is 36.4 Å². The first-order valence-electron chi connectivity index (χ1n) is 14.3. The van der Waals surface area contributed by atoms with Crippen LogP contribution in [0.25, 0.3) is 0 Å². The van der Waals surface area contributed by atoms with Gasteiger partial charge in [0, 0.05) is 29.1 Å². The van der Waals surface area contributed by atoms with Gasteiger partial charge in [0.25, 0.3) is 10.0 Å². The van der Waals surface area contributed by atoms with Crippen LogP contribution < -0.4 is 9.62 Å². The van der Waals surface area contributed by atoms with E-state index >= 15 is 0 Å². The molecule has 0 saturated carbocycles. The average molecular weight is 687 g/mol. The third-order valence-electron chi connectivity index (χ3n) is 7.03. The van der Waals surface area contributed by atoms with E-state index in [0.717, 1.165) is 15.4 Å². The molecule has 2 amide bonds. The lowest BCUT2D eigenvalue weighted by atomic mass is 10.0. The van der Waals surface area contributed by atoms with Crippen molar-refractivity contribution in [3.8, 4) is 0 Å². The fraction of sp³-hybridized carbons (Fsp3) is 0.235. The number of nitrogens with one attached hydrogen (secondary N) is 1. The molecule has 7 nitrogen and oxygen atoms in total. The molecule has 4 aromatic carbocycles. The zero-order valence-corrected chi connectivity index (χ0v) is 28.2. The van der Waals surface area contributed by atoms with Crippen molar-refractivity contribution in [2.75, 3.05) is 10.8 Å². The minimum Gasteiger partial charge on any atom is -0.352 e. The van der Waals surface area contributed by atoms with E-state index in [4.69, 9.17) is 34.8 Å². The van der Waals surface area contributed by atoms with Gasteiger partial charge in [0.2, 0.25) is 11.8 Å². The van der Waals surface area contributed by atoms with Gasteiger partial charge in [-0.2, -0.15) is 0 Å². The normalized spacial score (nSPS) is 12.1. The minimum atomic E-state index is -4.32. The Labute approximate surface area is 279 Å². The van der Waals surface area contributed by atoms with Gasteiger partial charge in [0.05, 0.1) is 15.6 Å². The summed E-state index contributed by atoms with van der Waals surface area (Å²) in [5, 5.41) is 3.77. The van der Waals surface area contributed by atoms with Gasteiger partial charge >= 0.3 is 0 Å². The van der Waals surface area contributed by atoms with Gasteiger partial charge < -0.3 is 10.2 Å². The molecule has 0 heterocycles. The minimum absolute atomic E-state index is 0.0146. The maximum atomic E-state index is 14.5. The molecular formula is C34H34Cl3N3O4S. The molecule has 0 aromatic heterocycles. The standard InChI is InChI=1S/C34H34Cl3N3O4S/c1-23(2)38-34(42)32(19-25-7-5-4-6-8-25)39(21-26-11-13-27(35)14-12-26)33(41)22-40(31-20-28(36)15-18-30(31)37)45(43,44)29-16-9-24(3)10-17-29/h4-18,20,23,32H,19,21-22H2,1-3H3,(H,38,42)/t32-/m0/s1. The molecule has 0 saturated heterocycles. The Bertz CT molecular complexity index is 1730. The van der Waals surface area contributed by atoms with E-state index in [1.165, 1.54) is 35.2 Å². The Hall–Kier alpha value is -3.56. The summed E-state index contributed by atoms with van der Waals surface area (Å²) in [5.74, 6) is -0.985. The molecule has 0 aliphatic rings. The van der Waals surface area contributed by atoms with Crippen molar-refractivity contribution in [3.05, 3.63) is 129 Å². The number of amides is 2. The van der Waals surface area contributed by atoms with E-state index in [0.29, 0.717) is 10.6 Å². The molecule has 4 rings (SSSR count). The number of carbonyl (C=O) groups is 2. The number of aryl methyl sites for hydroxylation is 1. The Morgan fingerprint density at radius 2 is 1.42 bits per heavy atom. The summed E-state index contributed by atoms with van der Waals surface area (Å²) in [4.78, 5) is 29.6. The molecule has 1 N–H and O–H groups in total. The summed E-state index contributed by atoms with van der Waals surface area (Å²) < 4.78 is 29.3. The first kappa shape index (κ1) is 34.3. The van der Waals surface area contributed by atoms with Crippen LogP contribution in [0.4, 0.5) is 5.69 Å². The molecule has 0 bridgehead atoms. The van der Waals surface area contributed by atoms with Crippen molar-refractivity contribution in [2.24, 2.45) is 0 Å².